The summed E-state index contributed by atoms with van der Waals surface area (Å²) in [5, 5.41) is 6.05. The lowest BCUT2D eigenvalue weighted by molar-refractivity contribution is -0.127. The fourth-order valence-corrected chi connectivity index (χ4v) is 4.24. The predicted octanol–water partition coefficient (Wildman–Crippen LogP) is 3.73. The van der Waals surface area contributed by atoms with Crippen molar-refractivity contribution < 1.29 is 14.4 Å². The van der Waals surface area contributed by atoms with Gasteiger partial charge in [0.25, 0.3) is 5.91 Å². The molecule has 158 valence electrons. The van der Waals surface area contributed by atoms with Crippen molar-refractivity contribution in [3.05, 3.63) is 29.8 Å². The second kappa shape index (κ2) is 10.4. The standard InChI is InChI=1S/C23H33N3O3/c1-2-6-21(27)24-20-11-9-18(10-12-20)23(29)26-15-13-17(14-16-26)22(28)25-19-7-4-3-5-8-19/h9-12,17,19H,2-8,13-16H2,1H3,(H,24,27)(H,25,28). The van der Waals surface area contributed by atoms with Gasteiger partial charge in [-0.25, -0.2) is 0 Å². The second-order valence-corrected chi connectivity index (χ2v) is 8.29. The minimum absolute atomic E-state index is 0.0112. The Bertz CT molecular complexity index is 703. The molecule has 1 saturated heterocycles. The van der Waals surface area contributed by atoms with Crippen molar-refractivity contribution in [2.24, 2.45) is 5.92 Å². The van der Waals surface area contributed by atoms with E-state index in [1.165, 1.54) is 19.3 Å². The number of carbonyl (C=O) groups is 3. The molecule has 1 aliphatic heterocycles. The molecule has 0 bridgehead atoms. The zero-order valence-electron chi connectivity index (χ0n) is 17.4. The maximum Gasteiger partial charge on any atom is 0.253 e. The van der Waals surface area contributed by atoms with Gasteiger partial charge in [-0.15, -0.1) is 0 Å². The summed E-state index contributed by atoms with van der Waals surface area (Å²) in [6, 6.07) is 7.39. The highest BCUT2D eigenvalue weighted by molar-refractivity contribution is 5.96. The van der Waals surface area contributed by atoms with Crippen LogP contribution in [0.2, 0.25) is 0 Å². The van der Waals surface area contributed by atoms with E-state index in [1.807, 2.05) is 11.8 Å². The molecule has 2 aliphatic rings. The lowest BCUT2D eigenvalue weighted by atomic mass is 9.92. The van der Waals surface area contributed by atoms with E-state index < -0.39 is 0 Å². The molecule has 0 unspecified atom stereocenters. The molecular formula is C23H33N3O3. The Hall–Kier alpha value is -2.37. The van der Waals surface area contributed by atoms with Crippen LogP contribution in [0.1, 0.15) is 75.1 Å². The Labute approximate surface area is 173 Å². The summed E-state index contributed by atoms with van der Waals surface area (Å²) in [5.41, 5.74) is 1.32. The van der Waals surface area contributed by atoms with E-state index in [0.717, 1.165) is 32.1 Å². The fourth-order valence-electron chi connectivity index (χ4n) is 4.24. The Morgan fingerprint density at radius 1 is 0.966 bits per heavy atom. The minimum atomic E-state index is -0.0137. The summed E-state index contributed by atoms with van der Waals surface area (Å²) >= 11 is 0. The Balaban J connectivity index is 1.46. The number of piperidine rings is 1. The van der Waals surface area contributed by atoms with E-state index in [4.69, 9.17) is 0 Å². The molecule has 0 aromatic heterocycles. The number of likely N-dealkylation sites (tertiary alicyclic amines) is 1. The molecular weight excluding hydrogens is 366 g/mol. The van der Waals surface area contributed by atoms with Crippen LogP contribution in [-0.2, 0) is 9.59 Å². The number of hydrogen-bond donors (Lipinski definition) is 2. The number of anilines is 1. The molecule has 6 heteroatoms. The van der Waals surface area contributed by atoms with E-state index >= 15 is 0 Å². The summed E-state index contributed by atoms with van der Waals surface area (Å²) in [5.74, 6) is 0.149. The zero-order chi connectivity index (χ0) is 20.6. The van der Waals surface area contributed by atoms with E-state index in [1.54, 1.807) is 24.3 Å². The molecule has 3 amide bonds. The number of hydrogen-bond acceptors (Lipinski definition) is 3. The van der Waals surface area contributed by atoms with Crippen LogP contribution in [-0.4, -0.2) is 41.8 Å². The van der Waals surface area contributed by atoms with Crippen LogP contribution in [0.3, 0.4) is 0 Å². The summed E-state index contributed by atoms with van der Waals surface area (Å²) in [6.45, 7) is 3.18. The van der Waals surface area contributed by atoms with Crippen molar-refractivity contribution in [1.82, 2.24) is 10.2 Å². The maximum atomic E-state index is 12.8. The van der Waals surface area contributed by atoms with Crippen molar-refractivity contribution in [3.63, 3.8) is 0 Å². The molecule has 29 heavy (non-hydrogen) atoms. The third-order valence-electron chi connectivity index (χ3n) is 6.00. The molecule has 1 saturated carbocycles. The molecule has 0 radical (unpaired) electrons. The summed E-state index contributed by atoms with van der Waals surface area (Å²) in [4.78, 5) is 38.8. The van der Waals surface area contributed by atoms with Crippen molar-refractivity contribution in [2.75, 3.05) is 18.4 Å². The van der Waals surface area contributed by atoms with Crippen LogP contribution < -0.4 is 10.6 Å². The van der Waals surface area contributed by atoms with Gasteiger partial charge in [-0.1, -0.05) is 26.2 Å². The minimum Gasteiger partial charge on any atom is -0.353 e. The fraction of sp³-hybridized carbons (Fsp3) is 0.609. The third-order valence-corrected chi connectivity index (χ3v) is 6.00. The molecule has 1 aromatic rings. The largest absolute Gasteiger partial charge is 0.353 e. The highest BCUT2D eigenvalue weighted by atomic mass is 16.2. The second-order valence-electron chi connectivity index (χ2n) is 8.29. The molecule has 2 fully saturated rings. The predicted molar refractivity (Wildman–Crippen MR) is 114 cm³/mol. The van der Waals surface area contributed by atoms with Crippen LogP contribution in [0, 0.1) is 5.92 Å². The summed E-state index contributed by atoms with van der Waals surface area (Å²) in [7, 11) is 0. The van der Waals surface area contributed by atoms with Crippen molar-refractivity contribution >= 4 is 23.4 Å². The molecule has 0 spiro atoms. The first-order valence-corrected chi connectivity index (χ1v) is 11.1. The van der Waals surface area contributed by atoms with Crippen molar-refractivity contribution in [2.45, 2.75) is 70.8 Å². The number of benzene rings is 1. The molecule has 0 atom stereocenters. The third kappa shape index (κ3) is 6.05. The average molecular weight is 400 g/mol. The van der Waals surface area contributed by atoms with Gasteiger partial charge in [0.05, 0.1) is 0 Å². The highest BCUT2D eigenvalue weighted by Crippen LogP contribution is 2.22. The first-order valence-electron chi connectivity index (χ1n) is 11.1. The molecule has 1 aliphatic carbocycles. The highest BCUT2D eigenvalue weighted by Gasteiger charge is 2.29. The number of nitrogens with one attached hydrogen (secondary N) is 2. The van der Waals surface area contributed by atoms with Gasteiger partial charge in [0, 0.05) is 42.7 Å². The Morgan fingerprint density at radius 3 is 2.24 bits per heavy atom. The normalized spacial score (nSPS) is 18.3. The van der Waals surface area contributed by atoms with Gasteiger partial charge in [-0.2, -0.15) is 0 Å². The van der Waals surface area contributed by atoms with Gasteiger partial charge in [0.1, 0.15) is 0 Å². The molecule has 3 rings (SSSR count). The van der Waals surface area contributed by atoms with E-state index in [9.17, 15) is 14.4 Å². The molecule has 2 N–H and O–H groups in total. The summed E-state index contributed by atoms with van der Waals surface area (Å²) in [6.07, 6.45) is 8.61. The molecule has 1 heterocycles. The first kappa shape index (κ1) is 21.3. The van der Waals surface area contributed by atoms with E-state index in [-0.39, 0.29) is 23.6 Å². The molecule has 6 nitrogen and oxygen atoms in total. The number of rotatable bonds is 6. The van der Waals surface area contributed by atoms with Crippen LogP contribution in [0.15, 0.2) is 24.3 Å². The zero-order valence-corrected chi connectivity index (χ0v) is 17.4. The van der Waals surface area contributed by atoms with Crippen LogP contribution in [0.25, 0.3) is 0 Å². The maximum absolute atomic E-state index is 12.8. The number of nitrogens with zero attached hydrogens (tertiary/aromatic N) is 1. The van der Waals surface area contributed by atoms with Gasteiger partial charge in [-0.05, 0) is 56.4 Å². The summed E-state index contributed by atoms with van der Waals surface area (Å²) < 4.78 is 0. The van der Waals surface area contributed by atoms with Gasteiger partial charge >= 0.3 is 0 Å². The van der Waals surface area contributed by atoms with Gasteiger partial charge in [0.2, 0.25) is 11.8 Å². The quantitative estimate of drug-likeness (QED) is 0.765. The average Bonchev–Trinajstić information content (AvgIpc) is 2.75. The first-order chi connectivity index (χ1) is 14.1. The Kier molecular flexibility index (Phi) is 7.67. The van der Waals surface area contributed by atoms with E-state index in [2.05, 4.69) is 10.6 Å². The number of carbonyl (C=O) groups excluding carboxylic acids is 3. The van der Waals surface area contributed by atoms with Crippen LogP contribution in [0.5, 0.6) is 0 Å². The van der Waals surface area contributed by atoms with Crippen LogP contribution in [0.4, 0.5) is 5.69 Å². The topological polar surface area (TPSA) is 78.5 Å². The Morgan fingerprint density at radius 2 is 1.62 bits per heavy atom. The van der Waals surface area contributed by atoms with E-state index in [0.29, 0.717) is 36.8 Å². The number of amides is 3. The van der Waals surface area contributed by atoms with Gasteiger partial charge in [0.15, 0.2) is 0 Å². The van der Waals surface area contributed by atoms with Crippen molar-refractivity contribution in [1.29, 1.82) is 0 Å². The smallest absolute Gasteiger partial charge is 0.253 e. The SMILES string of the molecule is CCCC(=O)Nc1ccc(C(=O)N2CCC(C(=O)NC3CCCCC3)CC2)cc1. The van der Waals surface area contributed by atoms with Gasteiger partial charge < -0.3 is 15.5 Å². The molecule has 1 aromatic carbocycles. The van der Waals surface area contributed by atoms with Gasteiger partial charge in [-0.3, -0.25) is 14.4 Å². The van der Waals surface area contributed by atoms with Crippen molar-refractivity contribution in [3.8, 4) is 0 Å². The lowest BCUT2D eigenvalue weighted by Gasteiger charge is -2.33. The lowest BCUT2D eigenvalue weighted by Crippen LogP contribution is -2.45. The monoisotopic (exact) mass is 399 g/mol. The van der Waals surface area contributed by atoms with Crippen LogP contribution >= 0.6 is 0 Å².